The van der Waals surface area contributed by atoms with E-state index in [-0.39, 0.29) is 35.9 Å². The highest BCUT2D eigenvalue weighted by molar-refractivity contribution is 8.00. The zero-order valence-electron chi connectivity index (χ0n) is 11.0. The number of carbonyl (C=O) groups excluding carboxylic acids is 1. The Morgan fingerprint density at radius 1 is 1.11 bits per heavy atom. The smallest absolute Gasteiger partial charge is 0.350 e. The predicted molar refractivity (Wildman–Crippen MR) is 70.8 cm³/mol. The first-order chi connectivity index (χ1) is 8.76. The normalized spacial score (nSPS) is 21.8. The molecule has 0 saturated heterocycles. The van der Waals surface area contributed by atoms with Gasteiger partial charge in [0.25, 0.3) is 0 Å². The lowest BCUT2D eigenvalue weighted by molar-refractivity contribution is -0.137. The van der Waals surface area contributed by atoms with E-state index in [1.165, 1.54) is 6.92 Å². The van der Waals surface area contributed by atoms with E-state index in [2.05, 4.69) is 0 Å². The maximum absolute atomic E-state index is 12.1. The molecule has 0 spiro atoms. The van der Waals surface area contributed by atoms with Gasteiger partial charge in [0.15, 0.2) is 24.6 Å². The minimum atomic E-state index is -3.90. The second kappa shape index (κ2) is 6.04. The molecule has 0 aliphatic carbocycles. The number of ether oxygens (including phenoxy) is 1. The summed E-state index contributed by atoms with van der Waals surface area (Å²) < 4.78 is 53.0. The Bertz CT molecular complexity index is 583. The van der Waals surface area contributed by atoms with Crippen molar-refractivity contribution >= 4 is 25.6 Å². The molecule has 8 heteroatoms. The first-order valence-electron chi connectivity index (χ1n) is 6.12. The molecule has 1 rings (SSSR count). The number of esters is 1. The van der Waals surface area contributed by atoms with Gasteiger partial charge in [-0.3, -0.25) is 0 Å². The predicted octanol–water partition coefficient (Wildman–Crippen LogP) is 0.795. The molecule has 0 fully saturated rings. The third kappa shape index (κ3) is 3.56. The van der Waals surface area contributed by atoms with Gasteiger partial charge in [-0.2, -0.15) is 0 Å². The van der Waals surface area contributed by atoms with Crippen LogP contribution >= 0.6 is 0 Å². The van der Waals surface area contributed by atoms with E-state index in [4.69, 9.17) is 4.74 Å². The molecule has 0 aromatic heterocycles. The molecule has 1 heterocycles. The van der Waals surface area contributed by atoms with Gasteiger partial charge in [0.1, 0.15) is 0 Å². The Morgan fingerprint density at radius 2 is 1.68 bits per heavy atom. The van der Waals surface area contributed by atoms with E-state index in [0.29, 0.717) is 6.42 Å². The zero-order chi connectivity index (χ0) is 14.7. The highest BCUT2D eigenvalue weighted by Crippen LogP contribution is 2.28. The van der Waals surface area contributed by atoms with Crippen LogP contribution in [0.1, 0.15) is 33.1 Å². The molecule has 110 valence electrons. The SMILES string of the molecule is CCCC1=C(C(=O)OCC)S(=O)(=O)CCCS1(=O)=O. The number of hydrogen-bond donors (Lipinski definition) is 0. The standard InChI is InChI=1S/C11H18O6S2/c1-3-6-9-10(11(12)17-4-2)19(15,16)8-5-7-18(9,13)14/h3-8H2,1-2H3. The van der Waals surface area contributed by atoms with Crippen LogP contribution in [0.25, 0.3) is 0 Å². The lowest BCUT2D eigenvalue weighted by Gasteiger charge is -2.11. The summed E-state index contributed by atoms with van der Waals surface area (Å²) in [5, 5.41) is 0. The summed E-state index contributed by atoms with van der Waals surface area (Å²) >= 11 is 0. The van der Waals surface area contributed by atoms with Crippen molar-refractivity contribution in [2.45, 2.75) is 33.1 Å². The van der Waals surface area contributed by atoms with Crippen molar-refractivity contribution in [1.82, 2.24) is 0 Å². The van der Waals surface area contributed by atoms with Crippen LogP contribution in [-0.2, 0) is 29.2 Å². The molecule has 0 unspecified atom stereocenters. The molecule has 0 amide bonds. The molecule has 0 atom stereocenters. The van der Waals surface area contributed by atoms with E-state index >= 15 is 0 Å². The van der Waals surface area contributed by atoms with Crippen LogP contribution in [0, 0.1) is 0 Å². The quantitative estimate of drug-likeness (QED) is 0.713. The summed E-state index contributed by atoms with van der Waals surface area (Å²) in [6.07, 6.45) is 0.476. The summed E-state index contributed by atoms with van der Waals surface area (Å²) in [4.78, 5) is 10.9. The van der Waals surface area contributed by atoms with Gasteiger partial charge in [0.05, 0.1) is 23.0 Å². The van der Waals surface area contributed by atoms with Crippen molar-refractivity contribution in [1.29, 1.82) is 0 Å². The van der Waals surface area contributed by atoms with Gasteiger partial charge in [0.2, 0.25) is 0 Å². The number of sulfone groups is 2. The fourth-order valence-corrected chi connectivity index (χ4v) is 6.00. The molecule has 0 bridgehead atoms. The summed E-state index contributed by atoms with van der Waals surface area (Å²) in [6.45, 7) is 3.26. The van der Waals surface area contributed by atoms with Crippen LogP contribution in [0.3, 0.4) is 0 Å². The second-order valence-corrected chi connectivity index (χ2v) is 8.39. The minimum Gasteiger partial charge on any atom is -0.462 e. The van der Waals surface area contributed by atoms with Gasteiger partial charge in [-0.1, -0.05) is 13.3 Å². The molecule has 6 nitrogen and oxygen atoms in total. The Kier molecular flexibility index (Phi) is 5.14. The molecule has 0 radical (unpaired) electrons. The Hall–Kier alpha value is -0.890. The van der Waals surface area contributed by atoms with Crippen LogP contribution < -0.4 is 0 Å². The molecule has 19 heavy (non-hydrogen) atoms. The molecule has 0 saturated carbocycles. The molecule has 0 aromatic rings. The first kappa shape index (κ1) is 16.2. The van der Waals surface area contributed by atoms with Gasteiger partial charge in [0, 0.05) is 0 Å². The average Bonchev–Trinajstić information content (AvgIpc) is 2.35. The molecular weight excluding hydrogens is 292 g/mol. The maximum Gasteiger partial charge on any atom is 0.350 e. The molecule has 0 aromatic carbocycles. The van der Waals surface area contributed by atoms with Crippen LogP contribution in [-0.4, -0.2) is 40.9 Å². The van der Waals surface area contributed by atoms with E-state index in [1.807, 2.05) is 0 Å². The second-order valence-electron chi connectivity index (χ2n) is 4.21. The van der Waals surface area contributed by atoms with Crippen LogP contribution in [0.4, 0.5) is 0 Å². The fourth-order valence-electron chi connectivity index (χ4n) is 1.91. The van der Waals surface area contributed by atoms with Gasteiger partial charge in [-0.05, 0) is 19.8 Å². The van der Waals surface area contributed by atoms with Crippen molar-refractivity contribution in [3.8, 4) is 0 Å². The van der Waals surface area contributed by atoms with E-state index in [1.54, 1.807) is 6.92 Å². The Morgan fingerprint density at radius 3 is 2.21 bits per heavy atom. The monoisotopic (exact) mass is 310 g/mol. The van der Waals surface area contributed by atoms with Crippen LogP contribution in [0.2, 0.25) is 0 Å². The van der Waals surface area contributed by atoms with Gasteiger partial charge >= 0.3 is 5.97 Å². The number of rotatable bonds is 4. The van der Waals surface area contributed by atoms with Crippen molar-refractivity contribution in [2.75, 3.05) is 18.1 Å². The van der Waals surface area contributed by atoms with Gasteiger partial charge in [-0.25, -0.2) is 21.6 Å². The van der Waals surface area contributed by atoms with Gasteiger partial charge in [-0.15, -0.1) is 0 Å². The first-order valence-corrected chi connectivity index (χ1v) is 9.42. The average molecular weight is 310 g/mol. The van der Waals surface area contributed by atoms with Gasteiger partial charge < -0.3 is 4.74 Å². The zero-order valence-corrected chi connectivity index (χ0v) is 12.6. The van der Waals surface area contributed by atoms with Crippen molar-refractivity contribution in [2.24, 2.45) is 0 Å². The van der Waals surface area contributed by atoms with E-state index < -0.39 is 30.5 Å². The van der Waals surface area contributed by atoms with Crippen LogP contribution in [0.15, 0.2) is 9.81 Å². The lowest BCUT2D eigenvalue weighted by Crippen LogP contribution is -2.21. The summed E-state index contributed by atoms with van der Waals surface area (Å²) in [7, 11) is -7.60. The molecule has 1 aliphatic rings. The maximum atomic E-state index is 12.1. The number of allylic oxidation sites excluding steroid dienone is 1. The highest BCUT2D eigenvalue weighted by atomic mass is 32.2. The summed E-state index contributed by atoms with van der Waals surface area (Å²) in [6, 6.07) is 0. The molecule has 0 N–H and O–H groups in total. The highest BCUT2D eigenvalue weighted by Gasteiger charge is 2.37. The van der Waals surface area contributed by atoms with Crippen molar-refractivity contribution < 1.29 is 26.4 Å². The summed E-state index contributed by atoms with van der Waals surface area (Å²) in [5.41, 5.74) is 0. The number of hydrogen-bond acceptors (Lipinski definition) is 6. The van der Waals surface area contributed by atoms with E-state index in [0.717, 1.165) is 0 Å². The largest absolute Gasteiger partial charge is 0.462 e. The third-order valence-corrected chi connectivity index (χ3v) is 6.68. The lowest BCUT2D eigenvalue weighted by atomic mass is 10.3. The third-order valence-electron chi connectivity index (χ3n) is 2.70. The van der Waals surface area contributed by atoms with Crippen LogP contribution in [0.5, 0.6) is 0 Å². The Balaban J connectivity index is 3.56. The molecule has 1 aliphatic heterocycles. The van der Waals surface area contributed by atoms with Crippen molar-refractivity contribution in [3.63, 3.8) is 0 Å². The summed E-state index contributed by atoms with van der Waals surface area (Å²) in [5.74, 6) is -1.64. The molecular formula is C11H18O6S2. The fraction of sp³-hybridized carbons (Fsp3) is 0.727. The van der Waals surface area contributed by atoms with E-state index in [9.17, 15) is 21.6 Å². The minimum absolute atomic E-state index is 0.000780. The topological polar surface area (TPSA) is 94.6 Å². The number of carbonyl (C=O) groups is 1. The Labute approximate surface area is 113 Å². The van der Waals surface area contributed by atoms with Crippen molar-refractivity contribution in [3.05, 3.63) is 9.81 Å².